The molecule has 1 aliphatic rings. The lowest BCUT2D eigenvalue weighted by Crippen LogP contribution is -2.40. The number of hydrogen-bond acceptors (Lipinski definition) is 4. The van der Waals surface area contributed by atoms with Crippen LogP contribution >= 0.6 is 0 Å². The fraction of sp³-hybridized carbons (Fsp3) is 0.474. The summed E-state index contributed by atoms with van der Waals surface area (Å²) >= 11 is 0. The van der Waals surface area contributed by atoms with Gasteiger partial charge in [0.05, 0.1) is 19.3 Å². The fourth-order valence-electron chi connectivity index (χ4n) is 2.37. The highest BCUT2D eigenvalue weighted by molar-refractivity contribution is 5.89. The number of rotatable bonds is 5. The first-order valence-electron chi connectivity index (χ1n) is 8.30. The number of carbonyl (C=O) groups is 2. The van der Waals surface area contributed by atoms with E-state index in [1.807, 2.05) is 64.1 Å². The molecule has 0 fully saturated rings. The quantitative estimate of drug-likeness (QED) is 0.788. The fourth-order valence-corrected chi connectivity index (χ4v) is 2.37. The maximum Gasteiger partial charge on any atom is 0.420 e. The van der Waals surface area contributed by atoms with E-state index in [1.165, 1.54) is 0 Å². The van der Waals surface area contributed by atoms with Crippen molar-refractivity contribution in [3.63, 3.8) is 0 Å². The van der Waals surface area contributed by atoms with E-state index >= 15 is 0 Å². The molecular weight excluding hydrogens is 306 g/mol. The molecule has 1 atom stereocenters. The van der Waals surface area contributed by atoms with Crippen molar-refractivity contribution in [3.05, 3.63) is 41.5 Å². The number of ether oxygens (including phenoxy) is 2. The van der Waals surface area contributed by atoms with Crippen LogP contribution in [0.4, 0.5) is 9.59 Å². The zero-order valence-corrected chi connectivity index (χ0v) is 14.7. The van der Waals surface area contributed by atoms with E-state index in [4.69, 9.17) is 9.47 Å². The summed E-state index contributed by atoms with van der Waals surface area (Å²) in [5.74, 6) is 0.378. The monoisotopic (exact) mass is 331 g/mol. The van der Waals surface area contributed by atoms with Crippen molar-refractivity contribution < 1.29 is 19.1 Å². The van der Waals surface area contributed by atoms with Crippen LogP contribution < -0.4 is 0 Å². The van der Waals surface area contributed by atoms with E-state index in [0.29, 0.717) is 0 Å². The Kier molecular flexibility index (Phi) is 6.01. The summed E-state index contributed by atoms with van der Waals surface area (Å²) in [6, 6.07) is 7.15. The van der Waals surface area contributed by atoms with Gasteiger partial charge in [0.1, 0.15) is 0 Å². The molecule has 24 heavy (non-hydrogen) atoms. The molecule has 0 bridgehead atoms. The van der Waals surface area contributed by atoms with Crippen molar-refractivity contribution in [2.75, 3.05) is 13.2 Å². The molecule has 0 saturated carbocycles. The first kappa shape index (κ1) is 18.0. The second kappa shape index (κ2) is 7.99. The number of fused-ring (bicyclic) bond motifs is 1. The van der Waals surface area contributed by atoms with E-state index in [1.54, 1.807) is 0 Å². The third kappa shape index (κ3) is 4.37. The Hall–Kier alpha value is -2.30. The van der Waals surface area contributed by atoms with Crippen LogP contribution in [0.1, 0.15) is 44.9 Å². The molecule has 0 heterocycles. The maximum absolute atomic E-state index is 12.5. The molecule has 1 aliphatic carbocycles. The molecule has 0 saturated heterocycles. The summed E-state index contributed by atoms with van der Waals surface area (Å²) in [7, 11) is 0. The third-order valence-corrected chi connectivity index (χ3v) is 3.52. The molecule has 1 aromatic carbocycles. The summed E-state index contributed by atoms with van der Waals surface area (Å²) < 4.78 is 10.5. The van der Waals surface area contributed by atoms with Crippen LogP contribution in [-0.4, -0.2) is 30.3 Å². The lowest BCUT2D eigenvalue weighted by atomic mass is 10.1. The third-order valence-electron chi connectivity index (χ3n) is 3.52. The Morgan fingerprint density at radius 2 is 1.54 bits per heavy atom. The molecule has 2 amide bonds. The number of carbonyl (C=O) groups excluding carboxylic acids is 2. The van der Waals surface area contributed by atoms with E-state index in [2.05, 4.69) is 0 Å². The van der Waals surface area contributed by atoms with Gasteiger partial charge < -0.3 is 9.47 Å². The first-order valence-corrected chi connectivity index (χ1v) is 8.30. The molecule has 130 valence electrons. The van der Waals surface area contributed by atoms with Gasteiger partial charge in [-0.2, -0.15) is 0 Å². The van der Waals surface area contributed by atoms with Gasteiger partial charge in [0.25, 0.3) is 0 Å². The summed E-state index contributed by atoms with van der Waals surface area (Å²) in [5, 5.41) is 0. The molecule has 5 nitrogen and oxygen atoms in total. The topological polar surface area (TPSA) is 55.8 Å². The van der Waals surface area contributed by atoms with Gasteiger partial charge in [0.15, 0.2) is 0 Å². The summed E-state index contributed by atoms with van der Waals surface area (Å²) in [6.07, 6.45) is 2.36. The van der Waals surface area contributed by atoms with Crippen LogP contribution in [0, 0.1) is 11.8 Å². The average Bonchev–Trinajstić information content (AvgIpc) is 2.95. The van der Waals surface area contributed by atoms with E-state index in [0.717, 1.165) is 16.0 Å². The van der Waals surface area contributed by atoms with Gasteiger partial charge in [-0.1, -0.05) is 64.1 Å². The average molecular weight is 331 g/mol. The van der Waals surface area contributed by atoms with Crippen molar-refractivity contribution >= 4 is 18.3 Å². The maximum atomic E-state index is 12.5. The Morgan fingerprint density at radius 1 is 1.00 bits per heavy atom. The van der Waals surface area contributed by atoms with Gasteiger partial charge >= 0.3 is 12.2 Å². The van der Waals surface area contributed by atoms with Crippen LogP contribution in [0.5, 0.6) is 0 Å². The van der Waals surface area contributed by atoms with Gasteiger partial charge in [-0.25, -0.2) is 14.5 Å². The van der Waals surface area contributed by atoms with E-state index in [-0.39, 0.29) is 25.0 Å². The van der Waals surface area contributed by atoms with Crippen LogP contribution in [0.3, 0.4) is 0 Å². The van der Waals surface area contributed by atoms with Crippen molar-refractivity contribution in [3.8, 4) is 0 Å². The van der Waals surface area contributed by atoms with Crippen molar-refractivity contribution in [2.45, 2.75) is 33.7 Å². The van der Waals surface area contributed by atoms with Crippen LogP contribution in [-0.2, 0) is 9.47 Å². The first-order chi connectivity index (χ1) is 11.4. The van der Waals surface area contributed by atoms with Crippen LogP contribution in [0.2, 0.25) is 0 Å². The minimum atomic E-state index is -0.677. The lowest BCUT2D eigenvalue weighted by Gasteiger charge is -2.26. The predicted molar refractivity (Wildman–Crippen MR) is 92.4 cm³/mol. The molecule has 0 aliphatic heterocycles. The summed E-state index contributed by atoms with van der Waals surface area (Å²) in [4.78, 5) is 26.1. The van der Waals surface area contributed by atoms with Crippen molar-refractivity contribution in [1.82, 2.24) is 4.90 Å². The minimum absolute atomic E-state index is 0.189. The highest BCUT2D eigenvalue weighted by Gasteiger charge is 2.35. The van der Waals surface area contributed by atoms with Gasteiger partial charge in [-0.05, 0) is 23.0 Å². The number of nitrogens with zero attached hydrogens (tertiary/aromatic N) is 1. The molecule has 1 aromatic rings. The zero-order chi connectivity index (χ0) is 17.7. The van der Waals surface area contributed by atoms with E-state index < -0.39 is 18.2 Å². The predicted octanol–water partition coefficient (Wildman–Crippen LogP) is 4.64. The van der Waals surface area contributed by atoms with Gasteiger partial charge in [-0.3, -0.25) is 0 Å². The number of benzene rings is 1. The van der Waals surface area contributed by atoms with Gasteiger partial charge in [0.2, 0.25) is 0 Å². The number of amides is 2. The number of hydrogen-bond donors (Lipinski definition) is 0. The Morgan fingerprint density at radius 3 is 2.08 bits per heavy atom. The molecule has 2 rings (SSSR count). The molecule has 1 unspecified atom stereocenters. The second-order valence-corrected chi connectivity index (χ2v) is 6.74. The summed E-state index contributed by atoms with van der Waals surface area (Å²) in [5.41, 5.74) is 1.88. The molecule has 0 N–H and O–H groups in total. The molecular formula is C19H25NO4. The largest absolute Gasteiger partial charge is 0.449 e. The molecule has 0 spiro atoms. The van der Waals surface area contributed by atoms with Crippen LogP contribution in [0.25, 0.3) is 6.08 Å². The van der Waals surface area contributed by atoms with Crippen molar-refractivity contribution in [2.24, 2.45) is 11.8 Å². The molecule has 0 aromatic heterocycles. The lowest BCUT2D eigenvalue weighted by molar-refractivity contribution is 0.0591. The van der Waals surface area contributed by atoms with E-state index in [9.17, 15) is 9.59 Å². The molecule has 5 heteroatoms. The summed E-state index contributed by atoms with van der Waals surface area (Å²) in [6.45, 7) is 8.29. The minimum Gasteiger partial charge on any atom is -0.449 e. The standard InChI is InChI=1S/C19H25NO4/c1-13(2)11-23-18(21)20(19(22)24-12-14(3)4)17-10-9-15-7-5-6-8-16(15)17/h5-10,13-14,17H,11-12H2,1-4H3. The van der Waals surface area contributed by atoms with Gasteiger partial charge in [-0.15, -0.1) is 0 Å². The van der Waals surface area contributed by atoms with Crippen LogP contribution in [0.15, 0.2) is 30.3 Å². The second-order valence-electron chi connectivity index (χ2n) is 6.74. The highest BCUT2D eigenvalue weighted by Crippen LogP contribution is 2.33. The highest BCUT2D eigenvalue weighted by atomic mass is 16.6. The molecule has 0 radical (unpaired) electrons. The van der Waals surface area contributed by atoms with Gasteiger partial charge in [0, 0.05) is 0 Å². The smallest absolute Gasteiger partial charge is 0.420 e. The Labute approximate surface area is 143 Å². The number of imide groups is 1. The van der Waals surface area contributed by atoms with Crippen molar-refractivity contribution in [1.29, 1.82) is 0 Å². The SMILES string of the molecule is CC(C)COC(=O)N(C(=O)OCC(C)C)C1C=Cc2ccccc21. The normalized spacial score (nSPS) is 15.5. The Bertz CT molecular complexity index is 598. The zero-order valence-electron chi connectivity index (χ0n) is 14.7. The Balaban J connectivity index is 2.21.